The van der Waals surface area contributed by atoms with Crippen LogP contribution in [0.5, 0.6) is 0 Å². The molecule has 2 aromatic rings. The third-order valence-electron chi connectivity index (χ3n) is 3.43. The van der Waals surface area contributed by atoms with Gasteiger partial charge in [-0.1, -0.05) is 12.1 Å². The fourth-order valence-corrected chi connectivity index (χ4v) is 4.05. The Morgan fingerprint density at radius 1 is 1.27 bits per heavy atom. The van der Waals surface area contributed by atoms with Crippen molar-refractivity contribution in [2.24, 2.45) is 0 Å². The van der Waals surface area contributed by atoms with Crippen molar-refractivity contribution >= 4 is 51.5 Å². The summed E-state index contributed by atoms with van der Waals surface area (Å²) in [6.45, 7) is -0.271. The third kappa shape index (κ3) is 3.49. The second-order valence-electron chi connectivity index (χ2n) is 5.02. The highest BCUT2D eigenvalue weighted by Gasteiger charge is 2.20. The molecule has 0 atom stereocenters. The number of hydrogen-bond acceptors (Lipinski definition) is 4. The lowest BCUT2D eigenvalue weighted by molar-refractivity contribution is -0.119. The monoisotopic (exact) mass is 427 g/mol. The van der Waals surface area contributed by atoms with E-state index in [-0.39, 0.29) is 12.5 Å². The van der Waals surface area contributed by atoms with E-state index < -0.39 is 5.97 Å². The zero-order valence-electron chi connectivity index (χ0n) is 11.7. The Balaban J connectivity index is 1.54. The molecule has 114 valence electrons. The summed E-state index contributed by atoms with van der Waals surface area (Å²) < 4.78 is 6.04. The van der Waals surface area contributed by atoms with Crippen LogP contribution < -0.4 is 5.32 Å². The van der Waals surface area contributed by atoms with E-state index in [1.807, 2.05) is 30.3 Å². The molecule has 0 spiro atoms. The number of anilines is 1. The summed E-state index contributed by atoms with van der Waals surface area (Å²) in [5, 5.41) is 2.74. The molecule has 1 heterocycles. The molecule has 0 fully saturated rings. The largest absolute Gasteiger partial charge is 0.451 e. The summed E-state index contributed by atoms with van der Waals surface area (Å²) in [5.41, 5.74) is 1.97. The molecule has 0 bridgehead atoms. The van der Waals surface area contributed by atoms with Crippen molar-refractivity contribution in [2.45, 2.75) is 19.3 Å². The van der Waals surface area contributed by atoms with Gasteiger partial charge >= 0.3 is 5.97 Å². The summed E-state index contributed by atoms with van der Waals surface area (Å²) in [7, 11) is 0. The SMILES string of the molecule is O=C(COC(=O)c1cc2c(s1)CCC2)Nc1ccccc1I. The quantitative estimate of drug-likeness (QED) is 0.599. The highest BCUT2D eigenvalue weighted by Crippen LogP contribution is 2.30. The molecular formula is C16H14INO3S. The molecule has 6 heteroatoms. The molecule has 1 aromatic heterocycles. The predicted molar refractivity (Wildman–Crippen MR) is 94.4 cm³/mol. The lowest BCUT2D eigenvalue weighted by Gasteiger charge is -2.07. The number of ether oxygens (including phenoxy) is 1. The molecular weight excluding hydrogens is 413 g/mol. The normalized spacial score (nSPS) is 12.8. The van der Waals surface area contributed by atoms with Crippen molar-refractivity contribution in [3.8, 4) is 0 Å². The Bertz CT molecular complexity index is 704. The minimum Gasteiger partial charge on any atom is -0.451 e. The number of esters is 1. The number of carbonyl (C=O) groups excluding carboxylic acids is 2. The third-order valence-corrected chi connectivity index (χ3v) is 5.59. The average Bonchev–Trinajstić information content (AvgIpc) is 3.08. The summed E-state index contributed by atoms with van der Waals surface area (Å²) in [4.78, 5) is 25.7. The molecule has 0 radical (unpaired) electrons. The highest BCUT2D eigenvalue weighted by atomic mass is 127. The number of benzene rings is 1. The highest BCUT2D eigenvalue weighted by molar-refractivity contribution is 14.1. The van der Waals surface area contributed by atoms with Gasteiger partial charge in [-0.3, -0.25) is 4.79 Å². The van der Waals surface area contributed by atoms with Gasteiger partial charge in [0.15, 0.2) is 6.61 Å². The smallest absolute Gasteiger partial charge is 0.348 e. The van der Waals surface area contributed by atoms with Gasteiger partial charge in [-0.25, -0.2) is 4.79 Å². The second-order valence-corrected chi connectivity index (χ2v) is 7.32. The molecule has 1 aliphatic rings. The van der Waals surface area contributed by atoms with Crippen LogP contribution in [-0.2, 0) is 22.4 Å². The zero-order chi connectivity index (χ0) is 15.5. The van der Waals surface area contributed by atoms with E-state index in [1.54, 1.807) is 0 Å². The van der Waals surface area contributed by atoms with Crippen LogP contribution in [0.4, 0.5) is 5.69 Å². The fourth-order valence-electron chi connectivity index (χ4n) is 2.38. The maximum absolute atomic E-state index is 12.0. The van der Waals surface area contributed by atoms with Crippen LogP contribution in [0.15, 0.2) is 30.3 Å². The standard InChI is InChI=1S/C16H14INO3S/c17-11-5-1-2-6-12(11)18-15(19)9-21-16(20)14-8-10-4-3-7-13(10)22-14/h1-2,5-6,8H,3-4,7,9H2,(H,18,19). The fraction of sp³-hybridized carbons (Fsp3) is 0.250. The molecule has 1 aromatic carbocycles. The number of para-hydroxylation sites is 1. The number of nitrogens with one attached hydrogen (secondary N) is 1. The maximum Gasteiger partial charge on any atom is 0.348 e. The first kappa shape index (κ1) is 15.5. The molecule has 22 heavy (non-hydrogen) atoms. The molecule has 3 rings (SSSR count). The maximum atomic E-state index is 12.0. The second kappa shape index (κ2) is 6.78. The molecule has 0 saturated heterocycles. The molecule has 1 aliphatic carbocycles. The van der Waals surface area contributed by atoms with Crippen LogP contribution in [-0.4, -0.2) is 18.5 Å². The number of thiophene rings is 1. The van der Waals surface area contributed by atoms with Gasteiger partial charge < -0.3 is 10.1 Å². The van der Waals surface area contributed by atoms with E-state index >= 15 is 0 Å². The summed E-state index contributed by atoms with van der Waals surface area (Å²) >= 11 is 3.62. The molecule has 1 amide bonds. The van der Waals surface area contributed by atoms with Crippen molar-refractivity contribution in [1.82, 2.24) is 0 Å². The Labute approximate surface area is 146 Å². The van der Waals surface area contributed by atoms with Crippen molar-refractivity contribution < 1.29 is 14.3 Å². The first-order valence-electron chi connectivity index (χ1n) is 6.96. The van der Waals surface area contributed by atoms with Gasteiger partial charge in [-0.2, -0.15) is 0 Å². The summed E-state index contributed by atoms with van der Waals surface area (Å²) in [6.07, 6.45) is 3.24. The lowest BCUT2D eigenvalue weighted by atomic mass is 10.2. The van der Waals surface area contributed by atoms with E-state index in [2.05, 4.69) is 27.9 Å². The van der Waals surface area contributed by atoms with Gasteiger partial charge in [-0.15, -0.1) is 11.3 Å². The Morgan fingerprint density at radius 3 is 2.86 bits per heavy atom. The van der Waals surface area contributed by atoms with Crippen molar-refractivity contribution in [3.05, 3.63) is 49.2 Å². The minimum absolute atomic E-state index is 0.271. The molecule has 0 aliphatic heterocycles. The van der Waals surface area contributed by atoms with Crippen LogP contribution >= 0.6 is 33.9 Å². The number of aryl methyl sites for hydroxylation is 2. The van der Waals surface area contributed by atoms with Crippen LogP contribution in [0, 0.1) is 3.57 Å². The van der Waals surface area contributed by atoms with Gasteiger partial charge in [0.2, 0.25) is 0 Å². The molecule has 1 N–H and O–H groups in total. The van der Waals surface area contributed by atoms with Gasteiger partial charge in [-0.05, 0) is 65.6 Å². The van der Waals surface area contributed by atoms with Crippen LogP contribution in [0.25, 0.3) is 0 Å². The number of hydrogen-bond donors (Lipinski definition) is 1. The Morgan fingerprint density at radius 2 is 2.09 bits per heavy atom. The Kier molecular flexibility index (Phi) is 4.77. The topological polar surface area (TPSA) is 55.4 Å². The van der Waals surface area contributed by atoms with E-state index in [1.165, 1.54) is 21.8 Å². The average molecular weight is 427 g/mol. The van der Waals surface area contributed by atoms with Crippen molar-refractivity contribution in [3.63, 3.8) is 0 Å². The molecule has 4 nitrogen and oxygen atoms in total. The van der Waals surface area contributed by atoms with E-state index in [0.29, 0.717) is 4.88 Å². The first-order chi connectivity index (χ1) is 10.6. The van der Waals surface area contributed by atoms with E-state index in [0.717, 1.165) is 28.5 Å². The van der Waals surface area contributed by atoms with E-state index in [4.69, 9.17) is 4.74 Å². The van der Waals surface area contributed by atoms with Crippen molar-refractivity contribution in [1.29, 1.82) is 0 Å². The first-order valence-corrected chi connectivity index (χ1v) is 8.86. The number of rotatable bonds is 4. The summed E-state index contributed by atoms with van der Waals surface area (Å²) in [6, 6.07) is 9.35. The number of halogens is 1. The number of carbonyl (C=O) groups is 2. The van der Waals surface area contributed by atoms with Crippen LogP contribution in [0.1, 0.15) is 26.5 Å². The van der Waals surface area contributed by atoms with Crippen molar-refractivity contribution in [2.75, 3.05) is 11.9 Å². The number of amides is 1. The van der Waals surface area contributed by atoms with Gasteiger partial charge in [0.1, 0.15) is 4.88 Å². The lowest BCUT2D eigenvalue weighted by Crippen LogP contribution is -2.21. The van der Waals surface area contributed by atoms with Crippen LogP contribution in [0.3, 0.4) is 0 Å². The van der Waals surface area contributed by atoms with Gasteiger partial charge in [0.05, 0.1) is 5.69 Å². The number of fused-ring (bicyclic) bond motifs is 1. The minimum atomic E-state index is -0.419. The van der Waals surface area contributed by atoms with E-state index in [9.17, 15) is 9.59 Å². The Hall–Kier alpha value is -1.41. The van der Waals surface area contributed by atoms with Crippen LogP contribution in [0.2, 0.25) is 0 Å². The zero-order valence-corrected chi connectivity index (χ0v) is 14.7. The molecule has 0 unspecified atom stereocenters. The summed E-state index contributed by atoms with van der Waals surface area (Å²) in [5.74, 6) is -0.751. The molecule has 0 saturated carbocycles. The van der Waals surface area contributed by atoms with Gasteiger partial charge in [0, 0.05) is 8.45 Å². The van der Waals surface area contributed by atoms with Gasteiger partial charge in [0.25, 0.3) is 5.91 Å². The predicted octanol–water partition coefficient (Wildman–Crippen LogP) is 3.64.